The Morgan fingerprint density at radius 2 is 0.231 bits per heavy atom. The Balaban J connectivity index is 0. The van der Waals surface area contributed by atoms with Gasteiger partial charge in [0.2, 0.25) is 0 Å². The molecule has 0 aromatic rings. The summed E-state index contributed by atoms with van der Waals surface area (Å²) in [5, 5.41) is 0. The van der Waals surface area contributed by atoms with E-state index in [0.29, 0.717) is 0 Å². The molecular formula is O8Pb3Sb2. The van der Waals surface area contributed by atoms with E-state index in [4.69, 9.17) is 0 Å². The van der Waals surface area contributed by atoms with Crippen molar-refractivity contribution in [1.82, 2.24) is 0 Å². The standard InChI is InChI=1S/8O.3Pb.2Sb/q8*-2;3*+2;2*+5. The van der Waals surface area contributed by atoms with Crippen LogP contribution in [-0.4, -0.2) is 131 Å². The summed E-state index contributed by atoms with van der Waals surface area (Å²) in [6.45, 7) is 0. The molecule has 0 unspecified atom stereocenters. The predicted octanol–water partition coefficient (Wildman–Crippen LogP) is -2.85. The molecule has 0 heterocycles. The van der Waals surface area contributed by atoms with E-state index < -0.39 is 0 Å². The zero-order valence-electron chi connectivity index (χ0n) is 5.66. The average molecular weight is 993 g/mol. The molecule has 0 saturated carbocycles. The third-order valence-corrected chi connectivity index (χ3v) is 0. The van der Waals surface area contributed by atoms with Crippen molar-refractivity contribution >= 4 is 131 Å². The summed E-state index contributed by atoms with van der Waals surface area (Å²) in [5.41, 5.74) is 0. The molecule has 0 aliphatic heterocycles. The molecule has 0 rings (SSSR count). The maximum absolute atomic E-state index is 0. The van der Waals surface area contributed by atoms with Crippen molar-refractivity contribution in [2.45, 2.75) is 0 Å². The molecular weight excluding hydrogens is 993 g/mol. The van der Waals surface area contributed by atoms with Crippen molar-refractivity contribution in [1.29, 1.82) is 0 Å². The maximum Gasteiger partial charge on any atom is 5.00 e. The molecule has 0 aliphatic carbocycles. The molecule has 0 N–H and O–H groups in total. The minimum absolute atomic E-state index is 0. The van der Waals surface area contributed by atoms with E-state index in [2.05, 4.69) is 0 Å². The fourth-order valence-corrected chi connectivity index (χ4v) is 0. The summed E-state index contributed by atoms with van der Waals surface area (Å²) < 4.78 is 0. The van der Waals surface area contributed by atoms with Crippen LogP contribution in [0.2, 0.25) is 0 Å². The maximum atomic E-state index is 0. The van der Waals surface area contributed by atoms with Gasteiger partial charge < -0.3 is 43.8 Å². The molecule has 0 aromatic heterocycles. The van der Waals surface area contributed by atoms with Crippen LogP contribution in [-0.2, 0) is 43.8 Å². The van der Waals surface area contributed by atoms with Gasteiger partial charge in [-0.05, 0) is 0 Å². The smallest absolute Gasteiger partial charge is 2.00 e. The predicted molar refractivity (Wildman–Crippen MR) is 34.3 cm³/mol. The van der Waals surface area contributed by atoms with Crippen LogP contribution in [0.3, 0.4) is 0 Å². The van der Waals surface area contributed by atoms with Gasteiger partial charge >= 0.3 is 131 Å². The molecule has 0 aliphatic rings. The van der Waals surface area contributed by atoms with Crippen molar-refractivity contribution in [3.8, 4) is 0 Å². The molecule has 13 heteroatoms. The summed E-state index contributed by atoms with van der Waals surface area (Å²) in [4.78, 5) is 0. The van der Waals surface area contributed by atoms with Crippen molar-refractivity contribution in [2.75, 3.05) is 0 Å². The van der Waals surface area contributed by atoms with E-state index in [9.17, 15) is 0 Å². The quantitative estimate of drug-likeness (QED) is 0.224. The van der Waals surface area contributed by atoms with Gasteiger partial charge in [0.15, 0.2) is 0 Å². The Morgan fingerprint density at radius 3 is 0.231 bits per heavy atom. The number of hydrogen-bond acceptors (Lipinski definition) is 0. The van der Waals surface area contributed by atoms with Crippen LogP contribution in [0, 0.1) is 0 Å². The topological polar surface area (TPSA) is 228 Å². The van der Waals surface area contributed by atoms with Crippen LogP contribution in [0.15, 0.2) is 0 Å². The summed E-state index contributed by atoms with van der Waals surface area (Å²) in [6.07, 6.45) is 0. The fourth-order valence-electron chi connectivity index (χ4n) is 0. The first-order chi connectivity index (χ1) is 0. The first-order valence-electron chi connectivity index (χ1n) is 0. The normalized spacial score (nSPS) is 0. The first-order valence-corrected chi connectivity index (χ1v) is 0. The summed E-state index contributed by atoms with van der Waals surface area (Å²) >= 11 is 0. The molecule has 0 spiro atoms. The van der Waals surface area contributed by atoms with Gasteiger partial charge in [0.05, 0.1) is 0 Å². The Morgan fingerprint density at radius 1 is 0.231 bits per heavy atom. The molecule has 0 fully saturated rings. The van der Waals surface area contributed by atoms with Crippen molar-refractivity contribution < 1.29 is 43.8 Å². The SMILES string of the molecule is [O-2].[O-2].[O-2].[O-2].[O-2].[O-2].[O-2].[O-2].[Pb+2].[Pb+2].[Pb+2].[Sb+5].[Sb+5]. The van der Waals surface area contributed by atoms with Crippen LogP contribution in [0.5, 0.6) is 0 Å². The van der Waals surface area contributed by atoms with Gasteiger partial charge in [-0.15, -0.1) is 0 Å². The van der Waals surface area contributed by atoms with E-state index >= 15 is 0 Å². The third-order valence-electron chi connectivity index (χ3n) is 0. The van der Waals surface area contributed by atoms with Crippen LogP contribution >= 0.6 is 0 Å². The molecule has 70 valence electrons. The third kappa shape index (κ3) is 191. The van der Waals surface area contributed by atoms with E-state index in [1.807, 2.05) is 0 Å². The summed E-state index contributed by atoms with van der Waals surface area (Å²) in [6, 6.07) is 0. The number of rotatable bonds is 0. The van der Waals surface area contributed by atoms with Gasteiger partial charge in [0, 0.05) is 0 Å². The van der Waals surface area contributed by atoms with E-state index in [1.54, 1.807) is 0 Å². The Hall–Kier alpha value is 4.08. The van der Waals surface area contributed by atoms with Crippen molar-refractivity contribution in [3.63, 3.8) is 0 Å². The van der Waals surface area contributed by atoms with Crippen LogP contribution in [0.1, 0.15) is 0 Å². The van der Waals surface area contributed by atoms with E-state index in [1.165, 1.54) is 0 Å². The molecule has 0 aromatic carbocycles. The van der Waals surface area contributed by atoms with Crippen LogP contribution in [0.4, 0.5) is 0 Å². The second-order valence-corrected chi connectivity index (χ2v) is 0. The molecule has 0 saturated heterocycles. The molecule has 6 radical (unpaired) electrons. The Kier molecular flexibility index (Phi) is 4480. The Bertz CT molecular complexity index is 17.4. The van der Waals surface area contributed by atoms with E-state index in [0.717, 1.165) is 0 Å². The Labute approximate surface area is 171 Å². The van der Waals surface area contributed by atoms with Crippen LogP contribution < -0.4 is 0 Å². The number of hydrogen-bond donors (Lipinski definition) is 0. The molecule has 13 heavy (non-hydrogen) atoms. The zero-order chi connectivity index (χ0) is 0. The monoisotopic (exact) mass is 994 g/mol. The molecule has 8 nitrogen and oxygen atoms in total. The fraction of sp³-hybridized carbons (Fsp3) is 0. The molecule has 0 atom stereocenters. The van der Waals surface area contributed by atoms with Gasteiger partial charge in [-0.1, -0.05) is 0 Å². The summed E-state index contributed by atoms with van der Waals surface area (Å²) in [7, 11) is 0. The van der Waals surface area contributed by atoms with Gasteiger partial charge in [-0.25, -0.2) is 0 Å². The summed E-state index contributed by atoms with van der Waals surface area (Å²) in [5.74, 6) is 0. The second-order valence-electron chi connectivity index (χ2n) is 0. The van der Waals surface area contributed by atoms with Gasteiger partial charge in [-0.2, -0.15) is 0 Å². The minimum atomic E-state index is 0. The van der Waals surface area contributed by atoms with Gasteiger partial charge in [0.1, 0.15) is 0 Å². The van der Waals surface area contributed by atoms with Crippen molar-refractivity contribution in [2.24, 2.45) is 0 Å². The van der Waals surface area contributed by atoms with Crippen LogP contribution in [0.25, 0.3) is 0 Å². The second kappa shape index (κ2) is 220. The zero-order valence-corrected chi connectivity index (χ0v) is 22.4. The van der Waals surface area contributed by atoms with Gasteiger partial charge in [-0.3, -0.25) is 0 Å². The first kappa shape index (κ1) is 265. The van der Waals surface area contributed by atoms with Crippen molar-refractivity contribution in [3.05, 3.63) is 0 Å². The molecule has 0 amide bonds. The minimum Gasteiger partial charge on any atom is -2.00 e. The van der Waals surface area contributed by atoms with E-state index in [-0.39, 0.29) is 175 Å². The average Bonchev–Trinajstić information content (AvgIpc) is 0. The molecule has 0 bridgehead atoms. The largest absolute Gasteiger partial charge is 5.00 e. The van der Waals surface area contributed by atoms with Gasteiger partial charge in [0.25, 0.3) is 0 Å².